The molecule has 25 heavy (non-hydrogen) atoms. The second kappa shape index (κ2) is 8.02. The number of rotatable bonds is 5. The van der Waals surface area contributed by atoms with Crippen LogP contribution in [0, 0.1) is 25.2 Å². The van der Waals surface area contributed by atoms with E-state index in [4.69, 9.17) is 5.73 Å². The summed E-state index contributed by atoms with van der Waals surface area (Å²) in [5, 5.41) is 15.1. The van der Waals surface area contributed by atoms with Crippen molar-refractivity contribution in [3.63, 3.8) is 0 Å². The van der Waals surface area contributed by atoms with Gasteiger partial charge in [0.05, 0.1) is 11.4 Å². The van der Waals surface area contributed by atoms with E-state index in [0.29, 0.717) is 11.4 Å². The third kappa shape index (κ3) is 4.39. The Balaban J connectivity index is 2.22. The summed E-state index contributed by atoms with van der Waals surface area (Å²) >= 11 is 0. The Morgan fingerprint density at radius 1 is 1.28 bits per heavy atom. The van der Waals surface area contributed by atoms with E-state index in [2.05, 4.69) is 10.6 Å². The molecule has 0 aliphatic rings. The van der Waals surface area contributed by atoms with Gasteiger partial charge in [0.25, 0.3) is 5.91 Å². The highest BCUT2D eigenvalue weighted by molar-refractivity contribution is 6.07. The molecule has 0 heterocycles. The van der Waals surface area contributed by atoms with Crippen LogP contribution in [0.4, 0.5) is 17.1 Å². The van der Waals surface area contributed by atoms with E-state index in [0.717, 1.165) is 28.8 Å². The molecule has 0 saturated heterocycles. The monoisotopic (exact) mass is 334 g/mol. The standard InChI is InChI=1S/C20H22N4O/c1-4-15-7-5-6-14(3)19(15)24-20(25)16(11-21)12-23-18-10-13(2)8-9-17(18)22/h5-10,12,23H,4,22H2,1-3H3,(H,24,25)/b16-12-. The average molecular weight is 334 g/mol. The molecule has 5 nitrogen and oxygen atoms in total. The van der Waals surface area contributed by atoms with Crippen LogP contribution in [0.3, 0.4) is 0 Å². The van der Waals surface area contributed by atoms with Crippen LogP contribution in [0.2, 0.25) is 0 Å². The second-order valence-electron chi connectivity index (χ2n) is 5.82. The van der Waals surface area contributed by atoms with E-state index >= 15 is 0 Å². The van der Waals surface area contributed by atoms with Crippen molar-refractivity contribution in [1.82, 2.24) is 0 Å². The molecule has 1 amide bonds. The van der Waals surface area contributed by atoms with Gasteiger partial charge in [0.1, 0.15) is 11.6 Å². The first-order valence-electron chi connectivity index (χ1n) is 8.09. The van der Waals surface area contributed by atoms with Crippen LogP contribution in [-0.4, -0.2) is 5.91 Å². The van der Waals surface area contributed by atoms with Crippen LogP contribution in [0.5, 0.6) is 0 Å². The van der Waals surface area contributed by atoms with Crippen molar-refractivity contribution in [3.8, 4) is 6.07 Å². The van der Waals surface area contributed by atoms with Gasteiger partial charge in [-0.25, -0.2) is 0 Å². The summed E-state index contributed by atoms with van der Waals surface area (Å²) in [5.41, 5.74) is 10.9. The molecule has 0 atom stereocenters. The van der Waals surface area contributed by atoms with E-state index in [1.54, 1.807) is 6.07 Å². The lowest BCUT2D eigenvalue weighted by molar-refractivity contribution is -0.112. The average Bonchev–Trinajstić information content (AvgIpc) is 2.60. The van der Waals surface area contributed by atoms with Crippen LogP contribution < -0.4 is 16.4 Å². The molecule has 0 spiro atoms. The smallest absolute Gasteiger partial charge is 0.267 e. The van der Waals surface area contributed by atoms with Gasteiger partial charge < -0.3 is 16.4 Å². The fraction of sp³-hybridized carbons (Fsp3) is 0.200. The van der Waals surface area contributed by atoms with Gasteiger partial charge in [-0.05, 0) is 49.1 Å². The van der Waals surface area contributed by atoms with Crippen LogP contribution in [0.1, 0.15) is 23.6 Å². The lowest BCUT2D eigenvalue weighted by Gasteiger charge is -2.13. The largest absolute Gasteiger partial charge is 0.397 e. The van der Waals surface area contributed by atoms with Crippen LogP contribution in [0.25, 0.3) is 0 Å². The molecule has 2 aromatic carbocycles. The Labute approximate surface area is 148 Å². The first-order chi connectivity index (χ1) is 12.0. The summed E-state index contributed by atoms with van der Waals surface area (Å²) in [6.07, 6.45) is 2.17. The van der Waals surface area contributed by atoms with Gasteiger partial charge in [0.15, 0.2) is 0 Å². The summed E-state index contributed by atoms with van der Waals surface area (Å²) in [7, 11) is 0. The zero-order valence-corrected chi connectivity index (χ0v) is 14.7. The van der Waals surface area contributed by atoms with Crippen LogP contribution >= 0.6 is 0 Å². The Morgan fingerprint density at radius 2 is 2.04 bits per heavy atom. The zero-order valence-electron chi connectivity index (χ0n) is 14.7. The predicted molar refractivity (Wildman–Crippen MR) is 102 cm³/mol. The van der Waals surface area contributed by atoms with E-state index in [1.807, 2.05) is 57.2 Å². The SMILES string of the molecule is CCc1cccc(C)c1NC(=O)/C(C#N)=C\Nc1cc(C)ccc1N. The summed E-state index contributed by atoms with van der Waals surface area (Å²) < 4.78 is 0. The molecule has 5 heteroatoms. The minimum absolute atomic E-state index is 0.0220. The normalized spacial score (nSPS) is 10.9. The highest BCUT2D eigenvalue weighted by atomic mass is 16.1. The minimum Gasteiger partial charge on any atom is -0.397 e. The first kappa shape index (κ1) is 18.1. The zero-order chi connectivity index (χ0) is 18.4. The van der Waals surface area contributed by atoms with Crippen molar-refractivity contribution in [2.45, 2.75) is 27.2 Å². The number of nitrogen functional groups attached to an aromatic ring is 1. The maximum atomic E-state index is 12.5. The number of nitrogens with zero attached hydrogens (tertiary/aromatic N) is 1. The van der Waals surface area contributed by atoms with Crippen molar-refractivity contribution in [2.24, 2.45) is 0 Å². The topological polar surface area (TPSA) is 90.9 Å². The maximum Gasteiger partial charge on any atom is 0.267 e. The summed E-state index contributed by atoms with van der Waals surface area (Å²) in [4.78, 5) is 12.5. The molecule has 0 radical (unpaired) electrons. The number of para-hydroxylation sites is 1. The Morgan fingerprint density at radius 3 is 2.72 bits per heavy atom. The van der Waals surface area contributed by atoms with Crippen molar-refractivity contribution < 1.29 is 4.79 Å². The molecule has 2 aromatic rings. The lowest BCUT2D eigenvalue weighted by Crippen LogP contribution is -2.16. The predicted octanol–water partition coefficient (Wildman–Crippen LogP) is 3.91. The number of carbonyl (C=O) groups excluding carboxylic acids is 1. The number of anilines is 3. The third-order valence-electron chi connectivity index (χ3n) is 3.92. The number of nitrogens with two attached hydrogens (primary N) is 1. The van der Waals surface area contributed by atoms with E-state index in [1.165, 1.54) is 6.20 Å². The second-order valence-corrected chi connectivity index (χ2v) is 5.82. The van der Waals surface area contributed by atoms with Crippen molar-refractivity contribution in [2.75, 3.05) is 16.4 Å². The van der Waals surface area contributed by atoms with Crippen LogP contribution in [-0.2, 0) is 11.2 Å². The van der Waals surface area contributed by atoms with Gasteiger partial charge in [0.2, 0.25) is 0 Å². The number of carbonyl (C=O) groups is 1. The quantitative estimate of drug-likeness (QED) is 0.439. The number of hydrogen-bond acceptors (Lipinski definition) is 4. The van der Waals surface area contributed by atoms with Gasteiger partial charge in [-0.15, -0.1) is 0 Å². The highest BCUT2D eigenvalue weighted by Crippen LogP contribution is 2.22. The molecule has 4 N–H and O–H groups in total. The number of aryl methyl sites for hydroxylation is 3. The van der Waals surface area contributed by atoms with Gasteiger partial charge in [0, 0.05) is 11.9 Å². The highest BCUT2D eigenvalue weighted by Gasteiger charge is 2.13. The molecular weight excluding hydrogens is 312 g/mol. The van der Waals surface area contributed by atoms with Gasteiger partial charge >= 0.3 is 0 Å². The Kier molecular flexibility index (Phi) is 5.80. The summed E-state index contributed by atoms with van der Waals surface area (Å²) in [6.45, 7) is 5.89. The summed E-state index contributed by atoms with van der Waals surface area (Å²) in [6, 6.07) is 13.3. The number of amides is 1. The van der Waals surface area contributed by atoms with E-state index < -0.39 is 5.91 Å². The molecule has 128 valence electrons. The molecule has 0 aromatic heterocycles. The molecule has 0 bridgehead atoms. The van der Waals surface area contributed by atoms with Gasteiger partial charge in [-0.2, -0.15) is 5.26 Å². The van der Waals surface area contributed by atoms with Crippen molar-refractivity contribution >= 4 is 23.0 Å². The van der Waals surface area contributed by atoms with Crippen molar-refractivity contribution in [1.29, 1.82) is 5.26 Å². The maximum absolute atomic E-state index is 12.5. The van der Waals surface area contributed by atoms with Gasteiger partial charge in [-0.3, -0.25) is 4.79 Å². The molecule has 2 rings (SSSR count). The number of nitrogens with one attached hydrogen (secondary N) is 2. The van der Waals surface area contributed by atoms with Crippen LogP contribution in [0.15, 0.2) is 48.2 Å². The number of hydrogen-bond donors (Lipinski definition) is 3. The fourth-order valence-electron chi connectivity index (χ4n) is 2.48. The number of benzene rings is 2. The van der Waals surface area contributed by atoms with Crippen molar-refractivity contribution in [3.05, 3.63) is 64.9 Å². The fourth-order valence-corrected chi connectivity index (χ4v) is 2.48. The van der Waals surface area contributed by atoms with E-state index in [9.17, 15) is 10.1 Å². The third-order valence-corrected chi connectivity index (χ3v) is 3.92. The molecular formula is C20H22N4O. The molecule has 0 fully saturated rings. The minimum atomic E-state index is -0.453. The summed E-state index contributed by atoms with van der Waals surface area (Å²) in [5.74, 6) is -0.453. The first-order valence-corrected chi connectivity index (χ1v) is 8.09. The molecule has 0 aliphatic carbocycles. The molecule has 0 saturated carbocycles. The number of nitriles is 1. The molecule has 0 aliphatic heterocycles. The molecule has 0 unspecified atom stereocenters. The van der Waals surface area contributed by atoms with Gasteiger partial charge in [-0.1, -0.05) is 31.2 Å². The lowest BCUT2D eigenvalue weighted by atomic mass is 10.1. The Bertz CT molecular complexity index is 862. The van der Waals surface area contributed by atoms with E-state index in [-0.39, 0.29) is 5.57 Å². The Hall–Kier alpha value is -3.26.